The molecule has 0 saturated carbocycles. The first kappa shape index (κ1) is 16.8. The molecule has 7 heteroatoms. The number of oxazole rings is 1. The average Bonchev–Trinajstić information content (AvgIpc) is 3.20. The maximum absolute atomic E-state index is 13.9. The summed E-state index contributed by atoms with van der Waals surface area (Å²) in [6, 6.07) is 12.6. The first-order chi connectivity index (χ1) is 13.6. The predicted octanol–water partition coefficient (Wildman–Crippen LogP) is 3.98. The summed E-state index contributed by atoms with van der Waals surface area (Å²) < 4.78 is 21.4. The first-order valence-corrected chi connectivity index (χ1v) is 9.22. The molecule has 0 radical (unpaired) electrons. The van der Waals surface area contributed by atoms with Crippen molar-refractivity contribution < 1.29 is 18.7 Å². The van der Waals surface area contributed by atoms with Crippen molar-refractivity contribution in [3.05, 3.63) is 59.5 Å². The standard InChI is InChI=1S/C21H18FN3O3/c22-12-5-7-17-14(9-12)15-10-13(6-8-18(15)25(17)11-20(26)27)23-21-24-16-3-1-2-4-19(16)28-21/h1-5,7,9,13H,6,8,10-11H2,(H,23,24)(H,26,27). The molecule has 6 nitrogen and oxygen atoms in total. The number of para-hydroxylation sites is 2. The summed E-state index contributed by atoms with van der Waals surface area (Å²) >= 11 is 0. The zero-order valence-corrected chi connectivity index (χ0v) is 15.0. The lowest BCUT2D eigenvalue weighted by atomic mass is 9.91. The van der Waals surface area contributed by atoms with Crippen molar-refractivity contribution in [2.24, 2.45) is 0 Å². The first-order valence-electron chi connectivity index (χ1n) is 9.22. The van der Waals surface area contributed by atoms with E-state index in [4.69, 9.17) is 4.42 Å². The van der Waals surface area contributed by atoms with Crippen LogP contribution in [0.1, 0.15) is 17.7 Å². The Balaban J connectivity index is 1.49. The SMILES string of the molecule is O=C(O)Cn1c2c(c3cc(F)ccc31)CC(Nc1nc3ccccc3o1)CC2. The molecule has 0 fully saturated rings. The van der Waals surface area contributed by atoms with Crippen molar-refractivity contribution in [2.45, 2.75) is 31.8 Å². The van der Waals surface area contributed by atoms with Gasteiger partial charge in [-0.25, -0.2) is 4.39 Å². The Hall–Kier alpha value is -3.35. The van der Waals surface area contributed by atoms with Crippen LogP contribution in [-0.2, 0) is 24.2 Å². The number of hydrogen-bond donors (Lipinski definition) is 2. The fourth-order valence-electron chi connectivity index (χ4n) is 4.17. The van der Waals surface area contributed by atoms with Crippen molar-refractivity contribution in [3.8, 4) is 0 Å². The summed E-state index contributed by atoms with van der Waals surface area (Å²) in [6.07, 6.45) is 2.17. The van der Waals surface area contributed by atoms with Gasteiger partial charge in [0.15, 0.2) is 5.58 Å². The van der Waals surface area contributed by atoms with Gasteiger partial charge < -0.3 is 19.4 Å². The normalized spacial score (nSPS) is 16.4. The summed E-state index contributed by atoms with van der Waals surface area (Å²) in [5.74, 6) is -1.23. The number of aliphatic carboxylic acids is 1. The zero-order chi connectivity index (χ0) is 19.3. The monoisotopic (exact) mass is 379 g/mol. The van der Waals surface area contributed by atoms with Crippen LogP contribution in [0.4, 0.5) is 10.4 Å². The van der Waals surface area contributed by atoms with Crippen LogP contribution in [0.15, 0.2) is 46.9 Å². The third-order valence-corrected chi connectivity index (χ3v) is 5.34. The maximum Gasteiger partial charge on any atom is 0.323 e. The molecule has 28 heavy (non-hydrogen) atoms. The summed E-state index contributed by atoms with van der Waals surface area (Å²) in [5, 5.41) is 13.4. The Morgan fingerprint density at radius 2 is 2.18 bits per heavy atom. The summed E-state index contributed by atoms with van der Waals surface area (Å²) in [4.78, 5) is 15.8. The number of nitrogens with one attached hydrogen (secondary N) is 1. The molecule has 1 aliphatic rings. The lowest BCUT2D eigenvalue weighted by Crippen LogP contribution is -2.28. The highest BCUT2D eigenvalue weighted by atomic mass is 19.1. The third-order valence-electron chi connectivity index (χ3n) is 5.34. The van der Waals surface area contributed by atoms with Crippen LogP contribution in [0.5, 0.6) is 0 Å². The number of hydrogen-bond acceptors (Lipinski definition) is 4. The van der Waals surface area contributed by atoms with Crippen LogP contribution in [-0.4, -0.2) is 26.7 Å². The van der Waals surface area contributed by atoms with Gasteiger partial charge in [0.2, 0.25) is 0 Å². The number of benzene rings is 2. The van der Waals surface area contributed by atoms with E-state index < -0.39 is 5.97 Å². The summed E-state index contributed by atoms with van der Waals surface area (Å²) in [5.41, 5.74) is 4.24. The van der Waals surface area contributed by atoms with Crippen molar-refractivity contribution in [1.82, 2.24) is 9.55 Å². The van der Waals surface area contributed by atoms with E-state index in [2.05, 4.69) is 10.3 Å². The number of halogens is 1. The van der Waals surface area contributed by atoms with Crippen LogP contribution in [0.3, 0.4) is 0 Å². The molecule has 1 aliphatic carbocycles. The molecule has 2 aromatic heterocycles. The summed E-state index contributed by atoms with van der Waals surface area (Å²) in [7, 11) is 0. The van der Waals surface area contributed by atoms with E-state index in [0.717, 1.165) is 39.7 Å². The van der Waals surface area contributed by atoms with Crippen molar-refractivity contribution >= 4 is 34.0 Å². The van der Waals surface area contributed by atoms with Gasteiger partial charge in [0.25, 0.3) is 6.01 Å². The smallest absolute Gasteiger partial charge is 0.323 e. The number of aromatic nitrogens is 2. The van der Waals surface area contributed by atoms with E-state index in [9.17, 15) is 14.3 Å². The number of nitrogens with zero attached hydrogens (tertiary/aromatic N) is 2. The van der Waals surface area contributed by atoms with E-state index in [0.29, 0.717) is 18.9 Å². The Bertz CT molecular complexity index is 1180. The molecule has 2 aromatic carbocycles. The number of carbonyl (C=O) groups is 1. The summed E-state index contributed by atoms with van der Waals surface area (Å²) in [6.45, 7) is -0.124. The average molecular weight is 379 g/mol. The number of carboxylic acid groups (broad SMARTS) is 1. The molecule has 4 aromatic rings. The molecular weight excluding hydrogens is 361 g/mol. The van der Waals surface area contributed by atoms with E-state index in [-0.39, 0.29) is 18.4 Å². The van der Waals surface area contributed by atoms with Crippen LogP contribution < -0.4 is 5.32 Å². The van der Waals surface area contributed by atoms with Gasteiger partial charge in [-0.15, -0.1) is 0 Å². The van der Waals surface area contributed by atoms with Crippen LogP contribution in [0.2, 0.25) is 0 Å². The molecule has 5 rings (SSSR count). The fraction of sp³-hybridized carbons (Fsp3) is 0.238. The lowest BCUT2D eigenvalue weighted by molar-refractivity contribution is -0.137. The van der Waals surface area contributed by atoms with E-state index in [1.807, 2.05) is 24.3 Å². The van der Waals surface area contributed by atoms with E-state index >= 15 is 0 Å². The largest absolute Gasteiger partial charge is 0.480 e. The number of fused-ring (bicyclic) bond motifs is 4. The topological polar surface area (TPSA) is 80.3 Å². The van der Waals surface area contributed by atoms with Gasteiger partial charge in [-0.1, -0.05) is 12.1 Å². The minimum Gasteiger partial charge on any atom is -0.480 e. The van der Waals surface area contributed by atoms with E-state index in [1.165, 1.54) is 12.1 Å². The van der Waals surface area contributed by atoms with Gasteiger partial charge in [-0.2, -0.15) is 4.98 Å². The molecule has 1 atom stereocenters. The minimum atomic E-state index is -0.907. The lowest BCUT2D eigenvalue weighted by Gasteiger charge is -2.24. The van der Waals surface area contributed by atoms with Gasteiger partial charge in [0, 0.05) is 22.6 Å². The van der Waals surface area contributed by atoms with Crippen molar-refractivity contribution in [1.29, 1.82) is 0 Å². The van der Waals surface area contributed by atoms with Crippen molar-refractivity contribution in [3.63, 3.8) is 0 Å². The van der Waals surface area contributed by atoms with Gasteiger partial charge in [-0.05, 0) is 55.2 Å². The quantitative estimate of drug-likeness (QED) is 0.561. The van der Waals surface area contributed by atoms with Gasteiger partial charge in [-0.3, -0.25) is 4.79 Å². The fourth-order valence-corrected chi connectivity index (χ4v) is 4.17. The second-order valence-electron chi connectivity index (χ2n) is 7.14. The second-order valence-corrected chi connectivity index (χ2v) is 7.14. The predicted molar refractivity (Wildman–Crippen MR) is 103 cm³/mol. The Labute approximate surface area is 159 Å². The molecule has 0 saturated heterocycles. The number of rotatable bonds is 4. The van der Waals surface area contributed by atoms with Crippen LogP contribution in [0, 0.1) is 5.82 Å². The molecule has 2 heterocycles. The Morgan fingerprint density at radius 3 is 3.00 bits per heavy atom. The zero-order valence-electron chi connectivity index (χ0n) is 15.0. The number of anilines is 1. The Morgan fingerprint density at radius 1 is 1.32 bits per heavy atom. The Kier molecular flexibility index (Phi) is 3.82. The molecule has 1 unspecified atom stereocenters. The van der Waals surface area contributed by atoms with Gasteiger partial charge in [0.05, 0.1) is 0 Å². The molecular formula is C21H18FN3O3. The van der Waals surface area contributed by atoms with Gasteiger partial charge in [0.1, 0.15) is 17.9 Å². The van der Waals surface area contributed by atoms with E-state index in [1.54, 1.807) is 10.6 Å². The van der Waals surface area contributed by atoms with Crippen molar-refractivity contribution in [2.75, 3.05) is 5.32 Å². The molecule has 0 bridgehead atoms. The molecule has 0 amide bonds. The third kappa shape index (κ3) is 2.79. The van der Waals surface area contributed by atoms with Crippen LogP contribution in [0.25, 0.3) is 22.0 Å². The maximum atomic E-state index is 13.9. The highest BCUT2D eigenvalue weighted by Crippen LogP contribution is 2.34. The minimum absolute atomic E-state index is 0.0766. The second kappa shape index (κ2) is 6.37. The highest BCUT2D eigenvalue weighted by molar-refractivity contribution is 5.87. The van der Waals surface area contributed by atoms with Crippen LogP contribution >= 0.6 is 0 Å². The molecule has 2 N–H and O–H groups in total. The number of carboxylic acids is 1. The highest BCUT2D eigenvalue weighted by Gasteiger charge is 2.27. The van der Waals surface area contributed by atoms with Gasteiger partial charge >= 0.3 is 5.97 Å². The molecule has 0 aliphatic heterocycles. The molecule has 0 spiro atoms. The molecule has 142 valence electrons.